The summed E-state index contributed by atoms with van der Waals surface area (Å²) in [6.07, 6.45) is 2.15. The Balaban J connectivity index is 2.03. The lowest BCUT2D eigenvalue weighted by Crippen LogP contribution is -2.35. The molecule has 6 nitrogen and oxygen atoms in total. The predicted molar refractivity (Wildman–Crippen MR) is 106 cm³/mol. The van der Waals surface area contributed by atoms with E-state index in [0.717, 1.165) is 25.9 Å². The monoisotopic (exact) mass is 388 g/mol. The molecule has 2 aromatic carbocycles. The fourth-order valence-electron chi connectivity index (χ4n) is 3.49. The lowest BCUT2D eigenvalue weighted by molar-refractivity contribution is 0.0697. The Morgan fingerprint density at radius 2 is 1.96 bits per heavy atom. The minimum atomic E-state index is -3.83. The third-order valence-corrected chi connectivity index (χ3v) is 6.39. The maximum absolute atomic E-state index is 12.9. The summed E-state index contributed by atoms with van der Waals surface area (Å²) in [6, 6.07) is 11.3. The summed E-state index contributed by atoms with van der Waals surface area (Å²) in [5, 5.41) is 9.32. The second-order valence-corrected chi connectivity index (χ2v) is 8.75. The molecule has 1 saturated heterocycles. The van der Waals surface area contributed by atoms with Crippen LogP contribution in [0.3, 0.4) is 0 Å². The van der Waals surface area contributed by atoms with Crippen molar-refractivity contribution in [2.45, 2.75) is 31.6 Å². The van der Waals surface area contributed by atoms with Crippen LogP contribution in [0.2, 0.25) is 0 Å². The van der Waals surface area contributed by atoms with Gasteiger partial charge in [-0.1, -0.05) is 25.1 Å². The van der Waals surface area contributed by atoms with Crippen LogP contribution < -0.4 is 9.62 Å². The first-order valence-electron chi connectivity index (χ1n) is 8.98. The molecule has 144 valence electrons. The second-order valence-electron chi connectivity index (χ2n) is 7.10. The normalized spacial score (nSPS) is 17.6. The number of aromatic carboxylic acids is 1. The fraction of sp³-hybridized carbons (Fsp3) is 0.350. The molecule has 0 bridgehead atoms. The minimum absolute atomic E-state index is 0.0475. The molecule has 3 rings (SSSR count). The van der Waals surface area contributed by atoms with Crippen molar-refractivity contribution < 1.29 is 18.3 Å². The van der Waals surface area contributed by atoms with Crippen molar-refractivity contribution in [1.82, 2.24) is 0 Å². The number of rotatable bonds is 5. The predicted octanol–water partition coefficient (Wildman–Crippen LogP) is 3.73. The summed E-state index contributed by atoms with van der Waals surface area (Å²) in [6.45, 7) is 5.52. The highest BCUT2D eigenvalue weighted by molar-refractivity contribution is 7.92. The molecule has 1 fully saturated rings. The van der Waals surface area contributed by atoms with Crippen molar-refractivity contribution in [2.24, 2.45) is 5.92 Å². The van der Waals surface area contributed by atoms with E-state index in [2.05, 4.69) is 16.5 Å². The molecule has 0 spiro atoms. The molecule has 7 heteroatoms. The number of aryl methyl sites for hydroxylation is 1. The topological polar surface area (TPSA) is 86.7 Å². The highest BCUT2D eigenvalue weighted by Crippen LogP contribution is 2.33. The van der Waals surface area contributed by atoms with E-state index < -0.39 is 16.0 Å². The van der Waals surface area contributed by atoms with E-state index in [0.29, 0.717) is 22.9 Å². The Morgan fingerprint density at radius 3 is 2.63 bits per heavy atom. The SMILES string of the molecule is Cc1ccccc1S(=O)(=O)Nc1cc(C(=O)O)ccc1N1CCCC(C)C1. The number of carboxylic acid groups (broad SMARTS) is 1. The minimum Gasteiger partial charge on any atom is -0.478 e. The number of hydrogen-bond acceptors (Lipinski definition) is 4. The Morgan fingerprint density at radius 1 is 1.22 bits per heavy atom. The number of benzene rings is 2. The average molecular weight is 388 g/mol. The quantitative estimate of drug-likeness (QED) is 0.815. The van der Waals surface area contributed by atoms with Crippen LogP contribution in [-0.4, -0.2) is 32.6 Å². The van der Waals surface area contributed by atoms with Crippen molar-refractivity contribution in [3.8, 4) is 0 Å². The summed E-state index contributed by atoms with van der Waals surface area (Å²) < 4.78 is 28.5. The van der Waals surface area contributed by atoms with Gasteiger partial charge in [-0.3, -0.25) is 4.72 Å². The lowest BCUT2D eigenvalue weighted by Gasteiger charge is -2.34. The van der Waals surface area contributed by atoms with Gasteiger partial charge in [-0.2, -0.15) is 0 Å². The number of piperidine rings is 1. The number of anilines is 2. The molecule has 1 atom stereocenters. The van der Waals surface area contributed by atoms with Gasteiger partial charge in [-0.15, -0.1) is 0 Å². The first kappa shape index (κ1) is 19.2. The molecule has 0 amide bonds. The zero-order chi connectivity index (χ0) is 19.6. The van der Waals surface area contributed by atoms with E-state index in [1.54, 1.807) is 37.3 Å². The maximum Gasteiger partial charge on any atom is 0.335 e. The summed E-state index contributed by atoms with van der Waals surface area (Å²) in [5.41, 5.74) is 1.69. The smallest absolute Gasteiger partial charge is 0.335 e. The van der Waals surface area contributed by atoms with Crippen LogP contribution in [0.1, 0.15) is 35.7 Å². The third-order valence-electron chi connectivity index (χ3n) is 4.87. The summed E-state index contributed by atoms with van der Waals surface area (Å²) in [7, 11) is -3.83. The van der Waals surface area contributed by atoms with Crippen molar-refractivity contribution in [3.05, 3.63) is 53.6 Å². The highest BCUT2D eigenvalue weighted by Gasteiger charge is 2.23. The number of sulfonamides is 1. The Labute approximate surface area is 159 Å². The van der Waals surface area contributed by atoms with E-state index in [9.17, 15) is 18.3 Å². The van der Waals surface area contributed by atoms with Crippen LogP contribution in [0.25, 0.3) is 0 Å². The highest BCUT2D eigenvalue weighted by atomic mass is 32.2. The van der Waals surface area contributed by atoms with Crippen molar-refractivity contribution in [2.75, 3.05) is 22.7 Å². The van der Waals surface area contributed by atoms with Crippen molar-refractivity contribution >= 4 is 27.4 Å². The number of nitrogens with zero attached hydrogens (tertiary/aromatic N) is 1. The maximum atomic E-state index is 12.9. The Bertz CT molecular complexity index is 956. The standard InChI is InChI=1S/C20H24N2O4S/c1-14-6-5-11-22(13-14)18-10-9-16(20(23)24)12-17(18)21-27(25,26)19-8-4-3-7-15(19)2/h3-4,7-10,12,14,21H,5-6,11,13H2,1-2H3,(H,23,24). The average Bonchev–Trinajstić information content (AvgIpc) is 2.61. The molecule has 1 aliphatic heterocycles. The van der Waals surface area contributed by atoms with Gasteiger partial charge >= 0.3 is 5.97 Å². The van der Waals surface area contributed by atoms with Crippen LogP contribution in [-0.2, 0) is 10.0 Å². The first-order chi connectivity index (χ1) is 12.8. The second kappa shape index (κ2) is 7.60. The molecule has 0 aromatic heterocycles. The third kappa shape index (κ3) is 4.24. The van der Waals surface area contributed by atoms with E-state index >= 15 is 0 Å². The van der Waals surface area contributed by atoms with Crippen LogP contribution in [0.5, 0.6) is 0 Å². The van der Waals surface area contributed by atoms with E-state index in [4.69, 9.17) is 0 Å². The van der Waals surface area contributed by atoms with Crippen molar-refractivity contribution in [3.63, 3.8) is 0 Å². The van der Waals surface area contributed by atoms with Gasteiger partial charge < -0.3 is 10.0 Å². The number of hydrogen-bond donors (Lipinski definition) is 2. The van der Waals surface area contributed by atoms with Gasteiger partial charge in [-0.05, 0) is 55.5 Å². The lowest BCUT2D eigenvalue weighted by atomic mass is 9.99. The van der Waals surface area contributed by atoms with E-state index in [1.165, 1.54) is 12.1 Å². The fourth-order valence-corrected chi connectivity index (χ4v) is 4.81. The van der Waals surface area contributed by atoms with Crippen molar-refractivity contribution in [1.29, 1.82) is 0 Å². The molecule has 1 unspecified atom stereocenters. The van der Waals surface area contributed by atoms with Crippen LogP contribution in [0, 0.1) is 12.8 Å². The molecule has 1 aliphatic rings. The van der Waals surface area contributed by atoms with E-state index in [-0.39, 0.29) is 10.5 Å². The number of carbonyl (C=O) groups is 1. The molecule has 1 heterocycles. The van der Waals surface area contributed by atoms with Gasteiger partial charge in [-0.25, -0.2) is 13.2 Å². The van der Waals surface area contributed by atoms with Gasteiger partial charge in [0.25, 0.3) is 10.0 Å². The molecule has 2 N–H and O–H groups in total. The van der Waals surface area contributed by atoms with E-state index in [1.807, 2.05) is 0 Å². The van der Waals surface area contributed by atoms with Gasteiger partial charge in [0.2, 0.25) is 0 Å². The zero-order valence-corrected chi connectivity index (χ0v) is 16.3. The van der Waals surface area contributed by atoms with Gasteiger partial charge in [0.05, 0.1) is 21.8 Å². The Hall–Kier alpha value is -2.54. The number of carboxylic acids is 1. The van der Waals surface area contributed by atoms with Crippen LogP contribution in [0.4, 0.5) is 11.4 Å². The summed E-state index contributed by atoms with van der Waals surface area (Å²) in [5.74, 6) is -0.594. The van der Waals surface area contributed by atoms with Crippen LogP contribution in [0.15, 0.2) is 47.4 Å². The molecular formula is C20H24N2O4S. The molecule has 27 heavy (non-hydrogen) atoms. The van der Waals surface area contributed by atoms with Crippen LogP contribution >= 0.6 is 0 Å². The first-order valence-corrected chi connectivity index (χ1v) is 10.5. The van der Waals surface area contributed by atoms with Gasteiger partial charge in [0.1, 0.15) is 0 Å². The Kier molecular flexibility index (Phi) is 5.41. The molecule has 0 aliphatic carbocycles. The summed E-state index contributed by atoms with van der Waals surface area (Å²) in [4.78, 5) is 13.7. The molecule has 0 radical (unpaired) electrons. The zero-order valence-electron chi connectivity index (χ0n) is 15.5. The molecule has 0 saturated carbocycles. The number of nitrogens with one attached hydrogen (secondary N) is 1. The van der Waals surface area contributed by atoms with Gasteiger partial charge in [0, 0.05) is 13.1 Å². The molecular weight excluding hydrogens is 364 g/mol. The van der Waals surface area contributed by atoms with Gasteiger partial charge in [0.15, 0.2) is 0 Å². The molecule has 2 aromatic rings. The summed E-state index contributed by atoms with van der Waals surface area (Å²) >= 11 is 0. The largest absolute Gasteiger partial charge is 0.478 e.